The van der Waals surface area contributed by atoms with Crippen molar-refractivity contribution in [2.45, 2.75) is 26.4 Å². The summed E-state index contributed by atoms with van der Waals surface area (Å²) in [4.78, 5) is 15.9. The second kappa shape index (κ2) is 4.73. The molecule has 0 aromatic carbocycles. The molecule has 0 saturated heterocycles. The minimum atomic E-state index is -0.235. The second-order valence-corrected chi connectivity index (χ2v) is 3.50. The Bertz CT molecular complexity index is 533. The van der Waals surface area contributed by atoms with Crippen molar-refractivity contribution in [2.24, 2.45) is 0 Å². The van der Waals surface area contributed by atoms with Crippen LogP contribution in [0.2, 0.25) is 0 Å². The van der Waals surface area contributed by atoms with Crippen molar-refractivity contribution >= 4 is 5.82 Å². The smallest absolute Gasteiger partial charge is 0.293 e. The maximum Gasteiger partial charge on any atom is 0.293 e. The number of nitrogens with zero attached hydrogens (tertiary/aromatic N) is 5. The van der Waals surface area contributed by atoms with E-state index in [1.54, 1.807) is 17.0 Å². The third-order valence-corrected chi connectivity index (χ3v) is 2.36. The number of tetrazole rings is 1. The maximum atomic E-state index is 11.9. The van der Waals surface area contributed by atoms with Crippen molar-refractivity contribution in [1.82, 2.24) is 30.2 Å². The monoisotopic (exact) mass is 235 g/mol. The summed E-state index contributed by atoms with van der Waals surface area (Å²) in [5.74, 6) is 0.768. The van der Waals surface area contributed by atoms with E-state index in [-0.39, 0.29) is 17.4 Å². The van der Waals surface area contributed by atoms with Gasteiger partial charge in [0.05, 0.1) is 6.04 Å². The number of aromatic amines is 1. The zero-order valence-electron chi connectivity index (χ0n) is 9.58. The SMILES string of the molecule is CCn1ccnc(NC(C)c2nn[nH]n2)c1=O. The molecule has 17 heavy (non-hydrogen) atoms. The zero-order chi connectivity index (χ0) is 12.3. The highest BCUT2D eigenvalue weighted by molar-refractivity contribution is 5.32. The van der Waals surface area contributed by atoms with E-state index in [2.05, 4.69) is 30.9 Å². The highest BCUT2D eigenvalue weighted by atomic mass is 16.1. The third-order valence-electron chi connectivity index (χ3n) is 2.36. The topological polar surface area (TPSA) is 101 Å². The molecule has 0 aliphatic heterocycles. The van der Waals surface area contributed by atoms with E-state index in [1.807, 2.05) is 13.8 Å². The first kappa shape index (κ1) is 11.2. The van der Waals surface area contributed by atoms with Crippen LogP contribution in [0.3, 0.4) is 0 Å². The fraction of sp³-hybridized carbons (Fsp3) is 0.444. The van der Waals surface area contributed by atoms with Crippen LogP contribution in [-0.4, -0.2) is 30.2 Å². The van der Waals surface area contributed by atoms with Crippen molar-refractivity contribution in [3.8, 4) is 0 Å². The summed E-state index contributed by atoms with van der Waals surface area (Å²) in [6.07, 6.45) is 3.22. The van der Waals surface area contributed by atoms with Crippen LogP contribution in [0, 0.1) is 0 Å². The van der Waals surface area contributed by atoms with Gasteiger partial charge in [0.1, 0.15) is 0 Å². The quantitative estimate of drug-likeness (QED) is 0.770. The van der Waals surface area contributed by atoms with Crippen LogP contribution in [-0.2, 0) is 6.54 Å². The Hall–Kier alpha value is -2.25. The van der Waals surface area contributed by atoms with Crippen LogP contribution >= 0.6 is 0 Å². The molecule has 2 aromatic heterocycles. The fourth-order valence-corrected chi connectivity index (χ4v) is 1.42. The largest absolute Gasteiger partial charge is 0.356 e. The van der Waals surface area contributed by atoms with Gasteiger partial charge in [0.25, 0.3) is 5.56 Å². The minimum absolute atomic E-state index is 0.162. The third kappa shape index (κ3) is 2.30. The Morgan fingerprint density at radius 3 is 3.06 bits per heavy atom. The molecule has 2 N–H and O–H groups in total. The Kier molecular flexibility index (Phi) is 3.12. The second-order valence-electron chi connectivity index (χ2n) is 3.50. The predicted molar refractivity (Wildman–Crippen MR) is 60.4 cm³/mol. The normalized spacial score (nSPS) is 12.4. The van der Waals surface area contributed by atoms with Crippen molar-refractivity contribution < 1.29 is 0 Å². The minimum Gasteiger partial charge on any atom is -0.356 e. The maximum absolute atomic E-state index is 11.9. The Morgan fingerprint density at radius 2 is 2.41 bits per heavy atom. The average molecular weight is 235 g/mol. The summed E-state index contributed by atoms with van der Waals surface area (Å²) in [5.41, 5.74) is -0.162. The lowest BCUT2D eigenvalue weighted by Crippen LogP contribution is -2.25. The van der Waals surface area contributed by atoms with Gasteiger partial charge in [-0.1, -0.05) is 5.21 Å². The number of nitrogens with one attached hydrogen (secondary N) is 2. The van der Waals surface area contributed by atoms with E-state index in [4.69, 9.17) is 0 Å². The number of aromatic nitrogens is 6. The van der Waals surface area contributed by atoms with Gasteiger partial charge >= 0.3 is 0 Å². The lowest BCUT2D eigenvalue weighted by atomic mass is 10.3. The van der Waals surface area contributed by atoms with Gasteiger partial charge < -0.3 is 9.88 Å². The Morgan fingerprint density at radius 1 is 1.59 bits per heavy atom. The van der Waals surface area contributed by atoms with Crippen LogP contribution in [0.25, 0.3) is 0 Å². The van der Waals surface area contributed by atoms with Crippen molar-refractivity contribution in [2.75, 3.05) is 5.32 Å². The van der Waals surface area contributed by atoms with E-state index in [0.717, 1.165) is 0 Å². The van der Waals surface area contributed by atoms with Gasteiger partial charge in [0, 0.05) is 18.9 Å². The molecule has 1 unspecified atom stereocenters. The van der Waals surface area contributed by atoms with Gasteiger partial charge in [-0.05, 0) is 13.8 Å². The van der Waals surface area contributed by atoms with Gasteiger partial charge in [-0.15, -0.1) is 10.2 Å². The van der Waals surface area contributed by atoms with Crippen LogP contribution < -0.4 is 10.9 Å². The van der Waals surface area contributed by atoms with Crippen molar-refractivity contribution in [3.63, 3.8) is 0 Å². The van der Waals surface area contributed by atoms with Gasteiger partial charge in [-0.2, -0.15) is 5.21 Å². The van der Waals surface area contributed by atoms with Gasteiger partial charge in [-0.3, -0.25) is 4.79 Å². The molecule has 0 fully saturated rings. The summed E-state index contributed by atoms with van der Waals surface area (Å²) >= 11 is 0. The molecule has 8 nitrogen and oxygen atoms in total. The lowest BCUT2D eigenvalue weighted by Gasteiger charge is -2.10. The first-order valence-electron chi connectivity index (χ1n) is 5.27. The van der Waals surface area contributed by atoms with Crippen LogP contribution in [0.1, 0.15) is 25.7 Å². The van der Waals surface area contributed by atoms with Gasteiger partial charge in [-0.25, -0.2) is 4.98 Å². The van der Waals surface area contributed by atoms with E-state index >= 15 is 0 Å². The summed E-state index contributed by atoms with van der Waals surface area (Å²) in [6.45, 7) is 4.33. The molecule has 2 heterocycles. The molecule has 2 aromatic rings. The molecule has 0 amide bonds. The number of hydrogen-bond acceptors (Lipinski definition) is 6. The number of anilines is 1. The summed E-state index contributed by atoms with van der Waals surface area (Å²) in [6, 6.07) is -0.235. The molecule has 8 heteroatoms. The highest BCUT2D eigenvalue weighted by Crippen LogP contribution is 2.09. The molecule has 1 atom stereocenters. The first-order valence-corrected chi connectivity index (χ1v) is 5.27. The number of hydrogen-bond donors (Lipinski definition) is 2. The summed E-state index contributed by atoms with van der Waals surface area (Å²) in [7, 11) is 0. The van der Waals surface area contributed by atoms with E-state index in [9.17, 15) is 4.79 Å². The standard InChI is InChI=1S/C9H13N7O/c1-3-16-5-4-10-8(9(16)17)11-6(2)7-12-14-15-13-7/h4-6H,3H2,1-2H3,(H,10,11)(H,12,13,14,15). The Labute approximate surface area is 97.1 Å². The zero-order valence-corrected chi connectivity index (χ0v) is 9.58. The number of H-pyrrole nitrogens is 1. The van der Waals surface area contributed by atoms with Crippen LogP contribution in [0.4, 0.5) is 5.82 Å². The molecular formula is C9H13N7O. The summed E-state index contributed by atoms with van der Waals surface area (Å²) in [5, 5.41) is 16.5. The highest BCUT2D eigenvalue weighted by Gasteiger charge is 2.13. The van der Waals surface area contributed by atoms with Crippen molar-refractivity contribution in [3.05, 3.63) is 28.6 Å². The van der Waals surface area contributed by atoms with E-state index < -0.39 is 0 Å². The Balaban J connectivity index is 2.22. The first-order chi connectivity index (χ1) is 8.22. The predicted octanol–water partition coefficient (Wildman–Crippen LogP) is -0.0506. The molecule has 90 valence electrons. The van der Waals surface area contributed by atoms with Crippen molar-refractivity contribution in [1.29, 1.82) is 0 Å². The van der Waals surface area contributed by atoms with E-state index in [1.165, 1.54) is 0 Å². The molecule has 0 aliphatic rings. The number of aryl methyl sites for hydroxylation is 1. The van der Waals surface area contributed by atoms with E-state index in [0.29, 0.717) is 12.4 Å². The lowest BCUT2D eigenvalue weighted by molar-refractivity contribution is 0.709. The summed E-state index contributed by atoms with van der Waals surface area (Å²) < 4.78 is 1.57. The van der Waals surface area contributed by atoms with Gasteiger partial charge in [0.2, 0.25) is 0 Å². The molecular weight excluding hydrogens is 222 g/mol. The molecule has 0 saturated carbocycles. The van der Waals surface area contributed by atoms with Crippen LogP contribution in [0.5, 0.6) is 0 Å². The fourth-order valence-electron chi connectivity index (χ4n) is 1.42. The average Bonchev–Trinajstić information content (AvgIpc) is 2.85. The molecule has 0 aliphatic carbocycles. The molecule has 2 rings (SSSR count). The van der Waals surface area contributed by atoms with Gasteiger partial charge in [0.15, 0.2) is 11.6 Å². The molecule has 0 bridgehead atoms. The number of rotatable bonds is 4. The molecule has 0 radical (unpaired) electrons. The molecule has 0 spiro atoms. The van der Waals surface area contributed by atoms with Crippen LogP contribution in [0.15, 0.2) is 17.2 Å².